The molecule has 3 N–H and O–H groups in total. The molecule has 0 spiro atoms. The predicted molar refractivity (Wildman–Crippen MR) is 141 cm³/mol. The lowest BCUT2D eigenvalue weighted by Crippen LogP contribution is -2.56. The second-order valence-electron chi connectivity index (χ2n) is 10.4. The number of rotatable bonds is 7. The third-order valence-electron chi connectivity index (χ3n) is 7.65. The molecule has 2 aromatic rings. The summed E-state index contributed by atoms with van der Waals surface area (Å²) in [5.41, 5.74) is 9.72. The standard InChI is InChI=1S/C29H36N6O/c1-34-13-15-35(16-14-34)21-22-4-6-24(7-5-22)25-8-10-26(11-9-25)27(19-31)20-33-28(36)29(32)12-2-3-23(17-29)18-30/h4-11,23,27H,2-3,12-17,20-21,32H2,1H3,(H,33,36)/t23?,27-,29?/m1/s1. The van der Waals surface area contributed by atoms with Crippen LogP contribution < -0.4 is 11.1 Å². The third kappa shape index (κ3) is 6.30. The quantitative estimate of drug-likeness (QED) is 0.625. The van der Waals surface area contributed by atoms with Crippen LogP contribution in [0.1, 0.15) is 42.7 Å². The summed E-state index contributed by atoms with van der Waals surface area (Å²) in [5, 5.41) is 21.8. The Kier molecular flexibility index (Phi) is 8.38. The number of carbonyl (C=O) groups is 1. The molecule has 1 saturated heterocycles. The van der Waals surface area contributed by atoms with Crippen LogP contribution in [0.4, 0.5) is 0 Å². The first-order valence-electron chi connectivity index (χ1n) is 12.9. The van der Waals surface area contributed by atoms with Crippen LogP contribution in [0.5, 0.6) is 0 Å². The van der Waals surface area contributed by atoms with E-state index in [0.717, 1.165) is 62.3 Å². The van der Waals surface area contributed by atoms with Gasteiger partial charge in [-0.05, 0) is 55.0 Å². The highest BCUT2D eigenvalue weighted by Gasteiger charge is 2.39. The van der Waals surface area contributed by atoms with E-state index < -0.39 is 11.5 Å². The molecular formula is C29H36N6O. The van der Waals surface area contributed by atoms with Gasteiger partial charge in [0, 0.05) is 45.2 Å². The largest absolute Gasteiger partial charge is 0.353 e. The molecule has 1 heterocycles. The summed E-state index contributed by atoms with van der Waals surface area (Å²) in [5.74, 6) is -0.918. The summed E-state index contributed by atoms with van der Waals surface area (Å²) in [6.07, 6.45) is 2.49. The Bertz CT molecular complexity index is 1110. The Morgan fingerprint density at radius 2 is 1.72 bits per heavy atom. The topological polar surface area (TPSA) is 109 Å². The van der Waals surface area contributed by atoms with E-state index in [-0.39, 0.29) is 18.4 Å². The van der Waals surface area contributed by atoms with Gasteiger partial charge in [-0.25, -0.2) is 0 Å². The van der Waals surface area contributed by atoms with E-state index in [1.54, 1.807) is 0 Å². The van der Waals surface area contributed by atoms with Crippen LogP contribution in [-0.2, 0) is 11.3 Å². The summed E-state index contributed by atoms with van der Waals surface area (Å²) < 4.78 is 0. The van der Waals surface area contributed by atoms with Crippen LogP contribution in [0.15, 0.2) is 48.5 Å². The maximum atomic E-state index is 12.8. The molecule has 1 aliphatic carbocycles. The van der Waals surface area contributed by atoms with Crippen LogP contribution in [0.2, 0.25) is 0 Å². The average Bonchev–Trinajstić information content (AvgIpc) is 2.91. The first-order chi connectivity index (χ1) is 17.4. The second kappa shape index (κ2) is 11.7. The van der Waals surface area contributed by atoms with Crippen molar-refractivity contribution in [2.45, 2.75) is 43.7 Å². The maximum Gasteiger partial charge on any atom is 0.240 e. The minimum atomic E-state index is -1.03. The van der Waals surface area contributed by atoms with E-state index in [2.05, 4.69) is 58.6 Å². The van der Waals surface area contributed by atoms with Crippen molar-refractivity contribution in [1.82, 2.24) is 15.1 Å². The summed E-state index contributed by atoms with van der Waals surface area (Å²) in [6, 6.07) is 21.2. The second-order valence-corrected chi connectivity index (χ2v) is 10.4. The van der Waals surface area contributed by atoms with Gasteiger partial charge < -0.3 is 16.0 Å². The molecule has 1 saturated carbocycles. The minimum Gasteiger partial charge on any atom is -0.353 e. The molecule has 36 heavy (non-hydrogen) atoms. The first-order valence-corrected chi connectivity index (χ1v) is 12.9. The number of carbonyl (C=O) groups excluding carboxylic acids is 1. The molecule has 1 aliphatic heterocycles. The molecule has 7 heteroatoms. The fourth-order valence-corrected chi connectivity index (χ4v) is 5.21. The van der Waals surface area contributed by atoms with Crippen LogP contribution >= 0.6 is 0 Å². The SMILES string of the molecule is CN1CCN(Cc2ccc(-c3ccc([C@H](C#N)CNC(=O)C4(N)CCCC(C#N)C4)cc3)cc2)CC1. The van der Waals surface area contributed by atoms with Crippen molar-refractivity contribution in [3.05, 3.63) is 59.7 Å². The van der Waals surface area contributed by atoms with Crippen molar-refractivity contribution in [3.8, 4) is 23.3 Å². The van der Waals surface area contributed by atoms with Crippen molar-refractivity contribution >= 4 is 5.91 Å². The molecule has 2 aromatic carbocycles. The number of nitrogens with two attached hydrogens (primary N) is 1. The van der Waals surface area contributed by atoms with Crippen molar-refractivity contribution in [2.75, 3.05) is 39.8 Å². The number of hydrogen-bond donors (Lipinski definition) is 2. The molecule has 0 radical (unpaired) electrons. The van der Waals surface area contributed by atoms with Crippen LogP contribution in [-0.4, -0.2) is 61.0 Å². The molecule has 4 rings (SSSR count). The lowest BCUT2D eigenvalue weighted by atomic mass is 9.76. The number of amides is 1. The zero-order chi connectivity index (χ0) is 25.5. The van der Waals surface area contributed by atoms with Gasteiger partial charge in [-0.1, -0.05) is 48.5 Å². The zero-order valence-electron chi connectivity index (χ0n) is 21.1. The van der Waals surface area contributed by atoms with Crippen molar-refractivity contribution in [1.29, 1.82) is 10.5 Å². The van der Waals surface area contributed by atoms with Crippen LogP contribution in [0.25, 0.3) is 11.1 Å². The highest BCUT2D eigenvalue weighted by Crippen LogP contribution is 2.31. The molecule has 0 bridgehead atoms. The minimum absolute atomic E-state index is 0.186. The van der Waals surface area contributed by atoms with Crippen molar-refractivity contribution in [2.24, 2.45) is 11.7 Å². The molecule has 0 aromatic heterocycles. The molecule has 2 unspecified atom stereocenters. The van der Waals surface area contributed by atoms with Crippen LogP contribution in [0, 0.1) is 28.6 Å². The van der Waals surface area contributed by atoms with E-state index in [0.29, 0.717) is 12.8 Å². The lowest BCUT2D eigenvalue weighted by Gasteiger charge is -2.34. The van der Waals surface area contributed by atoms with Gasteiger partial charge in [0.1, 0.15) is 0 Å². The smallest absolute Gasteiger partial charge is 0.240 e. The fourth-order valence-electron chi connectivity index (χ4n) is 5.21. The Balaban J connectivity index is 1.33. The summed E-state index contributed by atoms with van der Waals surface area (Å²) in [6.45, 7) is 5.62. The average molecular weight is 485 g/mol. The monoisotopic (exact) mass is 484 g/mol. The van der Waals surface area contributed by atoms with Gasteiger partial charge in [0.2, 0.25) is 5.91 Å². The fraction of sp³-hybridized carbons (Fsp3) is 0.483. The Labute approximate surface area is 214 Å². The molecule has 188 valence electrons. The molecule has 2 aliphatic rings. The van der Waals surface area contributed by atoms with Gasteiger partial charge in [-0.2, -0.15) is 10.5 Å². The number of nitrogens with zero attached hydrogens (tertiary/aromatic N) is 4. The van der Waals surface area contributed by atoms with E-state index >= 15 is 0 Å². The molecule has 3 atom stereocenters. The number of hydrogen-bond acceptors (Lipinski definition) is 6. The number of nitrogens with one attached hydrogen (secondary N) is 1. The third-order valence-corrected chi connectivity index (χ3v) is 7.65. The molecular weight excluding hydrogens is 448 g/mol. The molecule has 7 nitrogen and oxygen atoms in total. The van der Waals surface area contributed by atoms with E-state index in [1.165, 1.54) is 5.56 Å². The highest BCUT2D eigenvalue weighted by molar-refractivity contribution is 5.86. The summed E-state index contributed by atoms with van der Waals surface area (Å²) in [4.78, 5) is 17.6. The maximum absolute atomic E-state index is 12.8. The normalized spacial score (nSPS) is 23.8. The van der Waals surface area contributed by atoms with Crippen molar-refractivity contribution in [3.63, 3.8) is 0 Å². The Morgan fingerprint density at radius 3 is 2.33 bits per heavy atom. The molecule has 2 fully saturated rings. The number of likely N-dealkylation sites (N-methyl/N-ethyl adjacent to an activating group) is 1. The van der Waals surface area contributed by atoms with Gasteiger partial charge in [0.25, 0.3) is 0 Å². The number of piperazine rings is 1. The van der Waals surface area contributed by atoms with Gasteiger partial charge in [-0.15, -0.1) is 0 Å². The Morgan fingerprint density at radius 1 is 1.08 bits per heavy atom. The van der Waals surface area contributed by atoms with Gasteiger partial charge in [0.15, 0.2) is 0 Å². The number of nitriles is 2. The van der Waals surface area contributed by atoms with E-state index in [1.807, 2.05) is 24.3 Å². The zero-order valence-corrected chi connectivity index (χ0v) is 21.1. The van der Waals surface area contributed by atoms with Crippen LogP contribution in [0.3, 0.4) is 0 Å². The lowest BCUT2D eigenvalue weighted by molar-refractivity contribution is -0.127. The highest BCUT2D eigenvalue weighted by atomic mass is 16.2. The first kappa shape index (κ1) is 25.9. The molecule has 1 amide bonds. The van der Waals surface area contributed by atoms with E-state index in [4.69, 9.17) is 5.73 Å². The van der Waals surface area contributed by atoms with Crippen molar-refractivity contribution < 1.29 is 4.79 Å². The van der Waals surface area contributed by atoms with Gasteiger partial charge in [-0.3, -0.25) is 9.69 Å². The van der Waals surface area contributed by atoms with E-state index in [9.17, 15) is 15.3 Å². The number of benzene rings is 2. The Hall–Kier alpha value is -3.23. The van der Waals surface area contributed by atoms with Gasteiger partial charge >= 0.3 is 0 Å². The summed E-state index contributed by atoms with van der Waals surface area (Å²) in [7, 11) is 2.17. The predicted octanol–water partition coefficient (Wildman–Crippen LogP) is 3.24. The summed E-state index contributed by atoms with van der Waals surface area (Å²) >= 11 is 0. The van der Waals surface area contributed by atoms with Gasteiger partial charge in [0.05, 0.1) is 23.6 Å².